The van der Waals surface area contributed by atoms with Crippen molar-refractivity contribution in [1.29, 1.82) is 0 Å². The second-order valence-corrected chi connectivity index (χ2v) is 5.14. The summed E-state index contributed by atoms with van der Waals surface area (Å²) >= 11 is 1.62. The first-order valence-electron chi connectivity index (χ1n) is 6.04. The molecule has 0 saturated carbocycles. The molecule has 1 N–H and O–H groups in total. The SMILES string of the molecule is Cc1nc(Nc2ccccc2)sc1-c1ccccn1. The van der Waals surface area contributed by atoms with Gasteiger partial charge in [-0.25, -0.2) is 4.98 Å². The largest absolute Gasteiger partial charge is 0.332 e. The lowest BCUT2D eigenvalue weighted by molar-refractivity contribution is 1.24. The Bertz CT molecular complexity index is 662. The summed E-state index contributed by atoms with van der Waals surface area (Å²) in [5.74, 6) is 0. The quantitative estimate of drug-likeness (QED) is 0.770. The lowest BCUT2D eigenvalue weighted by Gasteiger charge is -2.00. The zero-order valence-electron chi connectivity index (χ0n) is 10.5. The van der Waals surface area contributed by atoms with E-state index in [2.05, 4.69) is 15.3 Å². The average molecular weight is 267 g/mol. The summed E-state index contributed by atoms with van der Waals surface area (Å²) in [6.07, 6.45) is 1.80. The second-order valence-electron chi connectivity index (χ2n) is 4.14. The number of thiazole rings is 1. The van der Waals surface area contributed by atoms with E-state index in [1.54, 1.807) is 17.5 Å². The molecular weight excluding hydrogens is 254 g/mol. The Labute approximate surface area is 116 Å². The van der Waals surface area contributed by atoms with E-state index in [4.69, 9.17) is 0 Å². The Morgan fingerprint density at radius 1 is 1.00 bits per heavy atom. The van der Waals surface area contributed by atoms with Crippen molar-refractivity contribution < 1.29 is 0 Å². The molecule has 94 valence electrons. The maximum Gasteiger partial charge on any atom is 0.188 e. The van der Waals surface area contributed by atoms with Crippen LogP contribution in [0.25, 0.3) is 10.6 Å². The molecular formula is C15H13N3S. The van der Waals surface area contributed by atoms with Crippen LogP contribution >= 0.6 is 11.3 Å². The fourth-order valence-electron chi connectivity index (χ4n) is 1.83. The van der Waals surface area contributed by atoms with E-state index in [0.29, 0.717) is 0 Å². The third-order valence-corrected chi connectivity index (χ3v) is 3.81. The zero-order chi connectivity index (χ0) is 13.1. The summed E-state index contributed by atoms with van der Waals surface area (Å²) in [4.78, 5) is 10.0. The van der Waals surface area contributed by atoms with Crippen LogP contribution in [-0.2, 0) is 0 Å². The van der Waals surface area contributed by atoms with Gasteiger partial charge in [-0.2, -0.15) is 0 Å². The summed E-state index contributed by atoms with van der Waals surface area (Å²) in [5, 5.41) is 4.21. The lowest BCUT2D eigenvalue weighted by Crippen LogP contribution is -1.88. The molecule has 0 aliphatic heterocycles. The van der Waals surface area contributed by atoms with Crippen molar-refractivity contribution in [2.75, 3.05) is 5.32 Å². The van der Waals surface area contributed by atoms with E-state index >= 15 is 0 Å². The lowest BCUT2D eigenvalue weighted by atomic mass is 10.3. The fourth-order valence-corrected chi connectivity index (χ4v) is 2.79. The van der Waals surface area contributed by atoms with Gasteiger partial charge in [0.25, 0.3) is 0 Å². The van der Waals surface area contributed by atoms with Gasteiger partial charge in [-0.3, -0.25) is 4.98 Å². The Morgan fingerprint density at radius 2 is 1.79 bits per heavy atom. The number of nitrogens with zero attached hydrogens (tertiary/aromatic N) is 2. The monoisotopic (exact) mass is 267 g/mol. The molecule has 3 nitrogen and oxygen atoms in total. The first-order valence-corrected chi connectivity index (χ1v) is 6.85. The molecule has 0 aliphatic rings. The molecule has 0 fully saturated rings. The summed E-state index contributed by atoms with van der Waals surface area (Å²) < 4.78 is 0. The smallest absolute Gasteiger partial charge is 0.188 e. The average Bonchev–Trinajstić information content (AvgIpc) is 2.82. The van der Waals surface area contributed by atoms with Gasteiger partial charge in [0.15, 0.2) is 5.13 Å². The summed E-state index contributed by atoms with van der Waals surface area (Å²) in [6.45, 7) is 2.01. The molecule has 0 radical (unpaired) electrons. The van der Waals surface area contributed by atoms with Gasteiger partial charge in [0.05, 0.1) is 16.3 Å². The van der Waals surface area contributed by atoms with Crippen molar-refractivity contribution >= 4 is 22.2 Å². The maximum absolute atomic E-state index is 4.55. The highest BCUT2D eigenvalue weighted by molar-refractivity contribution is 7.19. The van der Waals surface area contributed by atoms with Crippen molar-refractivity contribution in [2.24, 2.45) is 0 Å². The third kappa shape index (κ3) is 2.63. The number of rotatable bonds is 3. The second kappa shape index (κ2) is 5.20. The van der Waals surface area contributed by atoms with Gasteiger partial charge in [0.2, 0.25) is 0 Å². The molecule has 2 heterocycles. The highest BCUT2D eigenvalue weighted by Crippen LogP contribution is 2.32. The van der Waals surface area contributed by atoms with Crippen LogP contribution in [0.5, 0.6) is 0 Å². The molecule has 3 aromatic rings. The van der Waals surface area contributed by atoms with Crippen molar-refractivity contribution in [3.05, 3.63) is 60.4 Å². The molecule has 19 heavy (non-hydrogen) atoms. The van der Waals surface area contributed by atoms with Gasteiger partial charge in [-0.1, -0.05) is 35.6 Å². The van der Waals surface area contributed by atoms with Gasteiger partial charge >= 0.3 is 0 Å². The van der Waals surface area contributed by atoms with Crippen LogP contribution in [0.4, 0.5) is 10.8 Å². The van der Waals surface area contributed by atoms with Gasteiger partial charge < -0.3 is 5.32 Å². The van der Waals surface area contributed by atoms with Crippen LogP contribution in [0.1, 0.15) is 5.69 Å². The van der Waals surface area contributed by atoms with Crippen molar-refractivity contribution in [3.8, 4) is 10.6 Å². The van der Waals surface area contributed by atoms with Crippen LogP contribution in [0.3, 0.4) is 0 Å². The molecule has 3 rings (SSSR count). The van der Waals surface area contributed by atoms with Crippen molar-refractivity contribution in [3.63, 3.8) is 0 Å². The summed E-state index contributed by atoms with van der Waals surface area (Å²) in [5.41, 5.74) is 3.02. The van der Waals surface area contributed by atoms with E-state index in [9.17, 15) is 0 Å². The predicted molar refractivity (Wildman–Crippen MR) is 79.8 cm³/mol. The first kappa shape index (κ1) is 11.9. The normalized spacial score (nSPS) is 10.4. The highest BCUT2D eigenvalue weighted by Gasteiger charge is 2.10. The summed E-state index contributed by atoms with van der Waals surface area (Å²) in [6, 6.07) is 16.0. The number of nitrogens with one attached hydrogen (secondary N) is 1. The van der Waals surface area contributed by atoms with E-state index in [1.165, 1.54) is 0 Å². The minimum Gasteiger partial charge on any atom is -0.332 e. The standard InChI is InChI=1S/C15H13N3S/c1-11-14(13-9-5-6-10-16-13)19-15(17-11)18-12-7-3-2-4-8-12/h2-10H,1H3,(H,17,18). The molecule has 4 heteroatoms. The highest BCUT2D eigenvalue weighted by atomic mass is 32.1. The van der Waals surface area contributed by atoms with Crippen molar-refractivity contribution in [1.82, 2.24) is 9.97 Å². The van der Waals surface area contributed by atoms with Gasteiger partial charge in [0, 0.05) is 11.9 Å². The minimum absolute atomic E-state index is 0.893. The maximum atomic E-state index is 4.55. The fraction of sp³-hybridized carbons (Fsp3) is 0.0667. The van der Waals surface area contributed by atoms with E-state index in [1.807, 2.05) is 55.5 Å². The van der Waals surface area contributed by atoms with Crippen LogP contribution in [-0.4, -0.2) is 9.97 Å². The van der Waals surface area contributed by atoms with Gasteiger partial charge in [0.1, 0.15) is 0 Å². The van der Waals surface area contributed by atoms with Crippen LogP contribution in [0, 0.1) is 6.92 Å². The van der Waals surface area contributed by atoms with Gasteiger partial charge in [-0.05, 0) is 31.2 Å². The Hall–Kier alpha value is -2.20. The van der Waals surface area contributed by atoms with Crippen LogP contribution in [0.15, 0.2) is 54.7 Å². The summed E-state index contributed by atoms with van der Waals surface area (Å²) in [7, 11) is 0. The number of para-hydroxylation sites is 1. The van der Waals surface area contributed by atoms with Crippen LogP contribution in [0.2, 0.25) is 0 Å². The van der Waals surface area contributed by atoms with Gasteiger partial charge in [-0.15, -0.1) is 0 Å². The zero-order valence-corrected chi connectivity index (χ0v) is 11.3. The van der Waals surface area contributed by atoms with Crippen molar-refractivity contribution in [2.45, 2.75) is 6.92 Å². The molecule has 0 spiro atoms. The number of pyridine rings is 1. The number of aryl methyl sites for hydroxylation is 1. The topological polar surface area (TPSA) is 37.8 Å². The Kier molecular flexibility index (Phi) is 3.25. The molecule has 0 amide bonds. The Balaban J connectivity index is 1.90. The number of hydrogen-bond donors (Lipinski definition) is 1. The molecule has 1 aromatic carbocycles. The molecule has 0 bridgehead atoms. The van der Waals surface area contributed by atoms with E-state index in [0.717, 1.165) is 27.1 Å². The molecule has 2 aromatic heterocycles. The number of anilines is 2. The first-order chi connectivity index (χ1) is 9.33. The number of hydrogen-bond acceptors (Lipinski definition) is 4. The molecule has 0 unspecified atom stereocenters. The molecule has 0 atom stereocenters. The van der Waals surface area contributed by atoms with Crippen LogP contribution < -0.4 is 5.32 Å². The number of benzene rings is 1. The number of aromatic nitrogens is 2. The predicted octanol–water partition coefficient (Wildman–Crippen LogP) is 4.26. The van der Waals surface area contributed by atoms with E-state index < -0.39 is 0 Å². The minimum atomic E-state index is 0.893. The molecule has 0 aliphatic carbocycles. The van der Waals surface area contributed by atoms with E-state index in [-0.39, 0.29) is 0 Å². The molecule has 0 saturated heterocycles. The third-order valence-electron chi connectivity index (χ3n) is 2.72. The Morgan fingerprint density at radius 3 is 2.53 bits per heavy atom.